The van der Waals surface area contributed by atoms with Crippen LogP contribution in [0, 0.1) is 28.0 Å². The highest BCUT2D eigenvalue weighted by molar-refractivity contribution is 5.58. The van der Waals surface area contributed by atoms with Crippen LogP contribution in [0.3, 0.4) is 0 Å². The monoisotopic (exact) mass is 383 g/mol. The van der Waals surface area contributed by atoms with Gasteiger partial charge >= 0.3 is 0 Å². The lowest BCUT2D eigenvalue weighted by molar-refractivity contribution is -0.0662. The summed E-state index contributed by atoms with van der Waals surface area (Å²) in [7, 11) is 0. The summed E-state index contributed by atoms with van der Waals surface area (Å²) in [5.41, 5.74) is 0.950. The standard InChI is InChI=1S/C23H27F2N3/c1-22(2,3)23(9-11-26)10-12-28(16-21(23)25)15-18-14-27-20(13-19(18)24)17-7-5-4-6-8-17/h4-8,13-14,21H,9-10,12,15-16H2,1-3H3. The number of aromatic nitrogens is 1. The molecule has 0 radical (unpaired) electrons. The molecule has 0 spiro atoms. The summed E-state index contributed by atoms with van der Waals surface area (Å²) in [5.74, 6) is -0.325. The Bertz CT molecular complexity index is 854. The first-order valence-corrected chi connectivity index (χ1v) is 9.70. The molecule has 2 heterocycles. The van der Waals surface area contributed by atoms with Gasteiger partial charge in [-0.05, 0) is 18.4 Å². The van der Waals surface area contributed by atoms with Gasteiger partial charge in [-0.25, -0.2) is 8.78 Å². The summed E-state index contributed by atoms with van der Waals surface area (Å²) in [6, 6.07) is 13.1. The molecule has 0 aliphatic carbocycles. The van der Waals surface area contributed by atoms with E-state index in [1.807, 2.05) is 56.0 Å². The van der Waals surface area contributed by atoms with Gasteiger partial charge in [-0.15, -0.1) is 0 Å². The number of likely N-dealkylation sites (tertiary alicyclic amines) is 1. The Morgan fingerprint density at radius 3 is 2.57 bits per heavy atom. The minimum Gasteiger partial charge on any atom is -0.296 e. The molecule has 1 aromatic carbocycles. The third kappa shape index (κ3) is 3.93. The molecule has 1 aliphatic rings. The molecule has 1 saturated heterocycles. The average Bonchev–Trinajstić information content (AvgIpc) is 2.65. The van der Waals surface area contributed by atoms with Crippen molar-refractivity contribution in [3.05, 3.63) is 54.0 Å². The van der Waals surface area contributed by atoms with Crippen LogP contribution in [0.15, 0.2) is 42.6 Å². The van der Waals surface area contributed by atoms with Crippen LogP contribution in [0.5, 0.6) is 0 Å². The van der Waals surface area contributed by atoms with Crippen LogP contribution in [-0.4, -0.2) is 29.1 Å². The smallest absolute Gasteiger partial charge is 0.131 e. The topological polar surface area (TPSA) is 39.9 Å². The lowest BCUT2D eigenvalue weighted by Crippen LogP contribution is -2.54. The highest BCUT2D eigenvalue weighted by Gasteiger charge is 2.51. The zero-order valence-corrected chi connectivity index (χ0v) is 16.8. The number of nitrogens with zero attached hydrogens (tertiary/aromatic N) is 3. The van der Waals surface area contributed by atoms with Gasteiger partial charge in [-0.1, -0.05) is 51.1 Å². The normalized spacial score (nSPS) is 23.4. The molecule has 2 unspecified atom stereocenters. The van der Waals surface area contributed by atoms with E-state index in [0.717, 1.165) is 5.56 Å². The Morgan fingerprint density at radius 2 is 2.00 bits per heavy atom. The summed E-state index contributed by atoms with van der Waals surface area (Å²) >= 11 is 0. The lowest BCUT2D eigenvalue weighted by Gasteiger charge is -2.51. The number of nitriles is 1. The maximum Gasteiger partial charge on any atom is 0.131 e. The first-order chi connectivity index (χ1) is 13.3. The second-order valence-corrected chi connectivity index (χ2v) is 8.72. The molecular formula is C23H27F2N3. The predicted molar refractivity (Wildman–Crippen MR) is 107 cm³/mol. The van der Waals surface area contributed by atoms with E-state index in [4.69, 9.17) is 0 Å². The quantitative estimate of drug-likeness (QED) is 0.712. The van der Waals surface area contributed by atoms with Gasteiger partial charge in [0.05, 0.1) is 11.8 Å². The summed E-state index contributed by atoms with van der Waals surface area (Å²) in [4.78, 5) is 6.31. The number of hydrogen-bond donors (Lipinski definition) is 0. The molecule has 2 aromatic rings. The fourth-order valence-electron chi connectivity index (χ4n) is 4.18. The van der Waals surface area contributed by atoms with Crippen molar-refractivity contribution in [1.82, 2.24) is 9.88 Å². The van der Waals surface area contributed by atoms with E-state index in [2.05, 4.69) is 11.1 Å². The first kappa shape index (κ1) is 20.4. The number of halogens is 2. The zero-order chi connectivity index (χ0) is 20.4. The summed E-state index contributed by atoms with van der Waals surface area (Å²) in [6.45, 7) is 7.16. The SMILES string of the molecule is CC(C)(C)C1(CC#N)CCN(Cc2cnc(-c3ccccc3)cc2F)CC1F. The number of benzene rings is 1. The Labute approximate surface area is 166 Å². The molecule has 1 aliphatic heterocycles. The maximum absolute atomic E-state index is 15.2. The molecule has 0 bridgehead atoms. The molecule has 3 rings (SSSR count). The van der Waals surface area contributed by atoms with Crippen molar-refractivity contribution >= 4 is 0 Å². The van der Waals surface area contributed by atoms with Gasteiger partial charge in [0.2, 0.25) is 0 Å². The molecule has 3 nitrogen and oxygen atoms in total. The molecule has 2 atom stereocenters. The van der Waals surface area contributed by atoms with E-state index in [-0.39, 0.29) is 24.2 Å². The van der Waals surface area contributed by atoms with Crippen molar-refractivity contribution in [3.63, 3.8) is 0 Å². The van der Waals surface area contributed by atoms with Crippen molar-refractivity contribution < 1.29 is 8.78 Å². The summed E-state index contributed by atoms with van der Waals surface area (Å²) in [6.07, 6.45) is 1.21. The Kier molecular flexibility index (Phi) is 5.81. The largest absolute Gasteiger partial charge is 0.296 e. The van der Waals surface area contributed by atoms with Crippen molar-refractivity contribution in [2.45, 2.75) is 46.3 Å². The highest BCUT2D eigenvalue weighted by atomic mass is 19.1. The molecule has 0 saturated carbocycles. The van der Waals surface area contributed by atoms with Gasteiger partial charge in [0.1, 0.15) is 12.0 Å². The van der Waals surface area contributed by atoms with Crippen molar-refractivity contribution in [2.75, 3.05) is 13.1 Å². The lowest BCUT2D eigenvalue weighted by atomic mass is 9.59. The van der Waals surface area contributed by atoms with Gasteiger partial charge in [-0.3, -0.25) is 9.88 Å². The summed E-state index contributed by atoms with van der Waals surface area (Å²) < 4.78 is 29.9. The molecule has 148 valence electrons. The first-order valence-electron chi connectivity index (χ1n) is 9.70. The van der Waals surface area contributed by atoms with E-state index >= 15 is 4.39 Å². The second-order valence-electron chi connectivity index (χ2n) is 8.72. The van der Waals surface area contributed by atoms with Gasteiger partial charge in [0, 0.05) is 48.3 Å². The van der Waals surface area contributed by atoms with Crippen LogP contribution in [-0.2, 0) is 6.54 Å². The van der Waals surface area contributed by atoms with Crippen LogP contribution in [0.25, 0.3) is 11.3 Å². The third-order valence-electron chi connectivity index (χ3n) is 6.17. The van der Waals surface area contributed by atoms with Crippen LogP contribution in [0.2, 0.25) is 0 Å². The number of alkyl halides is 1. The Balaban J connectivity index is 1.73. The van der Waals surface area contributed by atoms with Crippen LogP contribution in [0.1, 0.15) is 39.2 Å². The van der Waals surface area contributed by atoms with Gasteiger partial charge in [0.15, 0.2) is 0 Å². The molecule has 1 fully saturated rings. The molecule has 1 aromatic heterocycles. The minimum absolute atomic E-state index is 0.202. The van der Waals surface area contributed by atoms with E-state index in [9.17, 15) is 9.65 Å². The van der Waals surface area contributed by atoms with Crippen molar-refractivity contribution in [1.29, 1.82) is 5.26 Å². The van der Waals surface area contributed by atoms with E-state index < -0.39 is 11.6 Å². The van der Waals surface area contributed by atoms with Gasteiger partial charge in [0.25, 0.3) is 0 Å². The van der Waals surface area contributed by atoms with E-state index in [1.54, 1.807) is 6.20 Å². The molecule has 0 N–H and O–H groups in total. The molecule has 0 amide bonds. The maximum atomic E-state index is 15.2. The third-order valence-corrected chi connectivity index (χ3v) is 6.17. The average molecular weight is 383 g/mol. The number of hydrogen-bond acceptors (Lipinski definition) is 3. The van der Waals surface area contributed by atoms with E-state index in [0.29, 0.717) is 30.8 Å². The van der Waals surface area contributed by atoms with Crippen LogP contribution in [0.4, 0.5) is 8.78 Å². The fourth-order valence-corrected chi connectivity index (χ4v) is 4.18. The Hall–Kier alpha value is -2.32. The molecule has 5 heteroatoms. The zero-order valence-electron chi connectivity index (χ0n) is 16.8. The fraction of sp³-hybridized carbons (Fsp3) is 0.478. The van der Waals surface area contributed by atoms with Crippen LogP contribution < -0.4 is 0 Å². The highest BCUT2D eigenvalue weighted by Crippen LogP contribution is 2.50. The van der Waals surface area contributed by atoms with Crippen molar-refractivity contribution in [2.24, 2.45) is 10.8 Å². The molecular weight excluding hydrogens is 356 g/mol. The molecule has 28 heavy (non-hydrogen) atoms. The minimum atomic E-state index is -1.12. The Morgan fingerprint density at radius 1 is 1.29 bits per heavy atom. The number of pyridine rings is 1. The van der Waals surface area contributed by atoms with Crippen LogP contribution >= 0.6 is 0 Å². The number of rotatable bonds is 4. The second kappa shape index (κ2) is 7.97. The van der Waals surface area contributed by atoms with Gasteiger partial charge in [-0.2, -0.15) is 5.26 Å². The van der Waals surface area contributed by atoms with E-state index in [1.165, 1.54) is 6.07 Å². The van der Waals surface area contributed by atoms with Gasteiger partial charge < -0.3 is 0 Å². The summed E-state index contributed by atoms with van der Waals surface area (Å²) in [5, 5.41) is 9.23. The van der Waals surface area contributed by atoms with Crippen molar-refractivity contribution in [3.8, 4) is 17.3 Å². The number of piperidine rings is 1. The predicted octanol–water partition coefficient (Wildman–Crippen LogP) is 5.38.